The van der Waals surface area contributed by atoms with Crippen molar-refractivity contribution in [2.45, 2.75) is 57.5 Å². The Bertz CT molecular complexity index is 241. The van der Waals surface area contributed by atoms with Crippen LogP contribution < -0.4 is 0 Å². The fourth-order valence-electron chi connectivity index (χ4n) is 3.77. The van der Waals surface area contributed by atoms with Crippen molar-refractivity contribution in [3.63, 3.8) is 0 Å². The molecule has 2 rings (SSSR count). The number of aliphatic hydroxyl groups is 2. The third-order valence-corrected chi connectivity index (χ3v) is 5.23. The second kappa shape index (κ2) is 5.25. The molecule has 2 aliphatic rings. The number of aliphatic hydroxyl groups excluding tert-OH is 1. The van der Waals surface area contributed by atoms with Crippen molar-refractivity contribution in [2.24, 2.45) is 5.41 Å². The summed E-state index contributed by atoms with van der Waals surface area (Å²) in [5.74, 6) is 0. The molecule has 0 aromatic carbocycles. The lowest BCUT2D eigenvalue weighted by Gasteiger charge is -2.52. The van der Waals surface area contributed by atoms with E-state index >= 15 is 0 Å². The Balaban J connectivity index is 2.08. The molecule has 1 aliphatic heterocycles. The van der Waals surface area contributed by atoms with Gasteiger partial charge in [-0.15, -0.1) is 0 Å². The highest BCUT2D eigenvalue weighted by Gasteiger charge is 2.50. The van der Waals surface area contributed by atoms with Crippen LogP contribution in [0.3, 0.4) is 0 Å². The van der Waals surface area contributed by atoms with Gasteiger partial charge in [0.05, 0.1) is 12.2 Å². The smallest absolute Gasteiger partial charge is 0.0750 e. The summed E-state index contributed by atoms with van der Waals surface area (Å²) in [6.45, 7) is 5.37. The summed E-state index contributed by atoms with van der Waals surface area (Å²) in [5.41, 5.74) is -0.821. The lowest BCUT2D eigenvalue weighted by molar-refractivity contribution is -0.154. The van der Waals surface area contributed by atoms with Gasteiger partial charge in [0.25, 0.3) is 0 Å². The second-order valence-corrected chi connectivity index (χ2v) is 5.96. The maximum atomic E-state index is 11.0. The van der Waals surface area contributed by atoms with E-state index in [4.69, 9.17) is 0 Å². The molecule has 3 nitrogen and oxygen atoms in total. The average molecular weight is 241 g/mol. The number of piperidine rings is 1. The van der Waals surface area contributed by atoms with Gasteiger partial charge < -0.3 is 15.1 Å². The van der Waals surface area contributed by atoms with Crippen molar-refractivity contribution in [3.05, 3.63) is 0 Å². The van der Waals surface area contributed by atoms with Crippen molar-refractivity contribution < 1.29 is 10.2 Å². The van der Waals surface area contributed by atoms with Crippen LogP contribution in [0.25, 0.3) is 0 Å². The van der Waals surface area contributed by atoms with E-state index in [-0.39, 0.29) is 12.0 Å². The van der Waals surface area contributed by atoms with Gasteiger partial charge in [-0.25, -0.2) is 0 Å². The van der Waals surface area contributed by atoms with E-state index in [0.29, 0.717) is 0 Å². The Morgan fingerprint density at radius 2 is 1.59 bits per heavy atom. The molecule has 0 radical (unpaired) electrons. The van der Waals surface area contributed by atoms with Gasteiger partial charge in [0.1, 0.15) is 0 Å². The predicted octanol–water partition coefficient (Wildman–Crippen LogP) is 1.78. The van der Waals surface area contributed by atoms with Crippen molar-refractivity contribution in [3.8, 4) is 0 Å². The van der Waals surface area contributed by atoms with E-state index in [1.807, 2.05) is 0 Å². The first-order valence-electron chi connectivity index (χ1n) is 7.21. The minimum Gasteiger partial charge on any atom is -0.396 e. The largest absolute Gasteiger partial charge is 0.396 e. The summed E-state index contributed by atoms with van der Waals surface area (Å²) >= 11 is 0. The van der Waals surface area contributed by atoms with Crippen LogP contribution >= 0.6 is 0 Å². The Morgan fingerprint density at radius 3 is 2.06 bits per heavy atom. The average Bonchev–Trinajstić information content (AvgIpc) is 2.40. The summed E-state index contributed by atoms with van der Waals surface area (Å²) in [6, 6.07) is 0. The first kappa shape index (κ1) is 13.3. The van der Waals surface area contributed by atoms with Gasteiger partial charge in [-0.3, -0.25) is 0 Å². The van der Waals surface area contributed by atoms with Crippen molar-refractivity contribution in [2.75, 3.05) is 26.2 Å². The minimum atomic E-state index is -0.617. The highest BCUT2D eigenvalue weighted by atomic mass is 16.3. The minimum absolute atomic E-state index is 0.162. The predicted molar refractivity (Wildman–Crippen MR) is 68.9 cm³/mol. The Labute approximate surface area is 105 Å². The van der Waals surface area contributed by atoms with Gasteiger partial charge in [0.15, 0.2) is 0 Å². The monoisotopic (exact) mass is 241 g/mol. The maximum Gasteiger partial charge on any atom is 0.0750 e. The zero-order valence-corrected chi connectivity index (χ0v) is 11.1. The molecule has 100 valence electrons. The van der Waals surface area contributed by atoms with Crippen molar-refractivity contribution >= 4 is 0 Å². The van der Waals surface area contributed by atoms with E-state index in [0.717, 1.165) is 45.3 Å². The van der Waals surface area contributed by atoms with Gasteiger partial charge in [-0.05, 0) is 32.2 Å². The summed E-state index contributed by atoms with van der Waals surface area (Å²) in [4.78, 5) is 2.39. The summed E-state index contributed by atoms with van der Waals surface area (Å²) < 4.78 is 0. The molecular formula is C14H27NO2. The van der Waals surface area contributed by atoms with Crippen LogP contribution in [0.1, 0.15) is 51.9 Å². The van der Waals surface area contributed by atoms with Gasteiger partial charge in [0, 0.05) is 18.5 Å². The molecule has 1 saturated heterocycles. The number of likely N-dealkylation sites (tertiary alicyclic amines) is 1. The SMILES string of the molecule is CCN1CCC(O)(C2(CO)CCCCC2)CC1. The molecular weight excluding hydrogens is 214 g/mol. The highest BCUT2D eigenvalue weighted by Crippen LogP contribution is 2.48. The van der Waals surface area contributed by atoms with Crippen LogP contribution in [-0.4, -0.2) is 47.0 Å². The first-order valence-corrected chi connectivity index (χ1v) is 7.21. The maximum absolute atomic E-state index is 11.0. The Hall–Kier alpha value is -0.120. The number of nitrogens with zero attached hydrogens (tertiary/aromatic N) is 1. The molecule has 2 N–H and O–H groups in total. The molecule has 1 saturated carbocycles. The van der Waals surface area contributed by atoms with E-state index in [2.05, 4.69) is 11.8 Å². The molecule has 3 heteroatoms. The summed E-state index contributed by atoms with van der Waals surface area (Å²) in [5, 5.41) is 20.8. The molecule has 0 atom stereocenters. The van der Waals surface area contributed by atoms with Crippen LogP contribution in [0.4, 0.5) is 0 Å². The van der Waals surface area contributed by atoms with Gasteiger partial charge in [-0.1, -0.05) is 26.2 Å². The lowest BCUT2D eigenvalue weighted by atomic mass is 9.60. The zero-order chi connectivity index (χ0) is 12.4. The van der Waals surface area contributed by atoms with E-state index in [9.17, 15) is 10.2 Å². The van der Waals surface area contributed by atoms with E-state index < -0.39 is 5.60 Å². The fourth-order valence-corrected chi connectivity index (χ4v) is 3.77. The van der Waals surface area contributed by atoms with E-state index in [1.165, 1.54) is 19.3 Å². The topological polar surface area (TPSA) is 43.7 Å². The van der Waals surface area contributed by atoms with E-state index in [1.54, 1.807) is 0 Å². The van der Waals surface area contributed by atoms with Gasteiger partial charge in [-0.2, -0.15) is 0 Å². The number of rotatable bonds is 3. The van der Waals surface area contributed by atoms with Gasteiger partial charge in [0.2, 0.25) is 0 Å². The normalized spacial score (nSPS) is 29.1. The van der Waals surface area contributed by atoms with Crippen LogP contribution in [-0.2, 0) is 0 Å². The molecule has 0 spiro atoms. The molecule has 1 aliphatic carbocycles. The third kappa shape index (κ3) is 2.38. The van der Waals surface area contributed by atoms with Crippen molar-refractivity contribution in [1.82, 2.24) is 4.90 Å². The van der Waals surface area contributed by atoms with Crippen LogP contribution in [0.15, 0.2) is 0 Å². The molecule has 0 aromatic rings. The zero-order valence-electron chi connectivity index (χ0n) is 11.1. The molecule has 0 amide bonds. The second-order valence-electron chi connectivity index (χ2n) is 5.96. The third-order valence-electron chi connectivity index (χ3n) is 5.23. The Kier molecular flexibility index (Phi) is 4.11. The number of hydrogen-bond donors (Lipinski definition) is 2. The molecule has 0 aromatic heterocycles. The first-order chi connectivity index (χ1) is 8.16. The molecule has 1 heterocycles. The van der Waals surface area contributed by atoms with Crippen molar-refractivity contribution in [1.29, 1.82) is 0 Å². The highest BCUT2D eigenvalue weighted by molar-refractivity contribution is 5.02. The van der Waals surface area contributed by atoms with Gasteiger partial charge >= 0.3 is 0 Å². The summed E-state index contributed by atoms with van der Waals surface area (Å²) in [6.07, 6.45) is 7.28. The Morgan fingerprint density at radius 1 is 1.00 bits per heavy atom. The number of hydrogen-bond acceptors (Lipinski definition) is 3. The van der Waals surface area contributed by atoms with Crippen LogP contribution in [0.2, 0.25) is 0 Å². The quantitative estimate of drug-likeness (QED) is 0.791. The van der Waals surface area contributed by atoms with Crippen LogP contribution in [0, 0.1) is 5.41 Å². The lowest BCUT2D eigenvalue weighted by Crippen LogP contribution is -2.57. The summed E-state index contributed by atoms with van der Waals surface area (Å²) in [7, 11) is 0. The molecule has 0 bridgehead atoms. The molecule has 0 unspecified atom stereocenters. The standard InChI is InChI=1S/C14H27NO2/c1-2-15-10-8-14(17,9-11-15)13(12-16)6-4-3-5-7-13/h16-17H,2-12H2,1H3. The molecule has 17 heavy (non-hydrogen) atoms. The molecule has 2 fully saturated rings. The van der Waals surface area contributed by atoms with Crippen LogP contribution in [0.5, 0.6) is 0 Å². The fraction of sp³-hybridized carbons (Fsp3) is 1.00.